The first-order valence-electron chi connectivity index (χ1n) is 8.37. The summed E-state index contributed by atoms with van der Waals surface area (Å²) in [4.78, 5) is 24.2. The molecule has 0 aliphatic rings. The van der Waals surface area contributed by atoms with E-state index in [1.54, 1.807) is 10.7 Å². The summed E-state index contributed by atoms with van der Waals surface area (Å²) in [5.74, 6) is 0.248. The van der Waals surface area contributed by atoms with Crippen molar-refractivity contribution in [2.24, 2.45) is 5.92 Å². The molecule has 2 aromatic rings. The van der Waals surface area contributed by atoms with E-state index < -0.39 is 0 Å². The van der Waals surface area contributed by atoms with Crippen molar-refractivity contribution >= 4 is 5.91 Å². The standard InChI is InChI=1S/C17H25N5O3/c1-5-11(2)14(10-23)18-16(24)9-21-17(25)7-6-15(20-21)22-13(4)8-12(3)19-22/h6-8,11,14,23H,5,9-10H2,1-4H3,(H,18,24). The predicted octanol–water partition coefficient (Wildman–Crippen LogP) is 0.569. The number of hydrogen-bond donors (Lipinski definition) is 2. The number of carbonyl (C=O) groups excluding carboxylic acids is 1. The third kappa shape index (κ3) is 4.54. The molecule has 0 fully saturated rings. The molecule has 2 unspecified atom stereocenters. The number of aryl methyl sites for hydroxylation is 2. The molecule has 0 aliphatic carbocycles. The molecule has 0 saturated carbocycles. The van der Waals surface area contributed by atoms with Gasteiger partial charge in [-0.25, -0.2) is 9.36 Å². The van der Waals surface area contributed by atoms with Crippen LogP contribution in [0, 0.1) is 19.8 Å². The van der Waals surface area contributed by atoms with E-state index in [1.807, 2.05) is 33.8 Å². The number of nitrogens with one attached hydrogen (secondary N) is 1. The molecule has 2 heterocycles. The van der Waals surface area contributed by atoms with Crippen LogP contribution in [0.2, 0.25) is 0 Å². The Morgan fingerprint density at radius 3 is 2.60 bits per heavy atom. The number of amides is 1. The first-order valence-corrected chi connectivity index (χ1v) is 8.37. The fourth-order valence-corrected chi connectivity index (χ4v) is 2.57. The molecule has 0 aromatic carbocycles. The highest BCUT2D eigenvalue weighted by atomic mass is 16.3. The van der Waals surface area contributed by atoms with Gasteiger partial charge >= 0.3 is 0 Å². The lowest BCUT2D eigenvalue weighted by molar-refractivity contribution is -0.123. The number of hydrogen-bond acceptors (Lipinski definition) is 5. The Hall–Kier alpha value is -2.48. The van der Waals surface area contributed by atoms with E-state index in [2.05, 4.69) is 15.5 Å². The molecule has 0 saturated heterocycles. The summed E-state index contributed by atoms with van der Waals surface area (Å²) in [5, 5.41) is 20.7. The number of rotatable bonds is 7. The average molecular weight is 347 g/mol. The Bertz CT molecular complexity index is 796. The zero-order valence-corrected chi connectivity index (χ0v) is 15.1. The van der Waals surface area contributed by atoms with Crippen LogP contribution in [0.5, 0.6) is 0 Å². The molecule has 8 nitrogen and oxygen atoms in total. The van der Waals surface area contributed by atoms with E-state index in [0.29, 0.717) is 5.82 Å². The summed E-state index contributed by atoms with van der Waals surface area (Å²) in [6, 6.07) is 4.50. The van der Waals surface area contributed by atoms with Gasteiger partial charge in [0.05, 0.1) is 18.3 Å². The zero-order chi connectivity index (χ0) is 18.6. The minimum absolute atomic E-state index is 0.139. The second-order valence-electron chi connectivity index (χ2n) is 6.27. The molecule has 0 aliphatic heterocycles. The maximum absolute atomic E-state index is 12.2. The normalized spacial score (nSPS) is 13.5. The van der Waals surface area contributed by atoms with Gasteiger partial charge in [0.2, 0.25) is 5.91 Å². The van der Waals surface area contributed by atoms with E-state index in [9.17, 15) is 14.7 Å². The molecule has 0 bridgehead atoms. The lowest BCUT2D eigenvalue weighted by Gasteiger charge is -2.22. The van der Waals surface area contributed by atoms with Crippen LogP contribution in [0.1, 0.15) is 31.7 Å². The third-order valence-electron chi connectivity index (χ3n) is 4.25. The fraction of sp³-hybridized carbons (Fsp3) is 0.529. The van der Waals surface area contributed by atoms with Gasteiger partial charge in [0.25, 0.3) is 5.56 Å². The molecule has 136 valence electrons. The molecule has 2 aromatic heterocycles. The minimum Gasteiger partial charge on any atom is -0.394 e. The lowest BCUT2D eigenvalue weighted by Crippen LogP contribution is -2.44. The quantitative estimate of drug-likeness (QED) is 0.762. The van der Waals surface area contributed by atoms with Crippen LogP contribution < -0.4 is 10.9 Å². The van der Waals surface area contributed by atoms with Crippen LogP contribution in [0.4, 0.5) is 0 Å². The molecule has 1 amide bonds. The van der Waals surface area contributed by atoms with Gasteiger partial charge in [0.15, 0.2) is 5.82 Å². The maximum atomic E-state index is 12.2. The molecule has 2 rings (SSSR count). The van der Waals surface area contributed by atoms with Crippen molar-refractivity contribution in [2.75, 3.05) is 6.61 Å². The van der Waals surface area contributed by atoms with Crippen LogP contribution in [0.25, 0.3) is 5.82 Å². The van der Waals surface area contributed by atoms with Crippen molar-refractivity contribution in [1.29, 1.82) is 0 Å². The number of carbonyl (C=O) groups is 1. The Labute approximate surface area is 146 Å². The average Bonchev–Trinajstić information content (AvgIpc) is 2.92. The predicted molar refractivity (Wildman–Crippen MR) is 93.6 cm³/mol. The topological polar surface area (TPSA) is 102 Å². The SMILES string of the molecule is CCC(C)C(CO)NC(=O)Cn1nc(-n2nc(C)cc2C)ccc1=O. The van der Waals surface area contributed by atoms with Crippen LogP contribution in [0.3, 0.4) is 0 Å². The van der Waals surface area contributed by atoms with Crippen LogP contribution in [-0.4, -0.2) is 43.2 Å². The molecule has 0 radical (unpaired) electrons. The van der Waals surface area contributed by atoms with E-state index in [0.717, 1.165) is 22.5 Å². The summed E-state index contributed by atoms with van der Waals surface area (Å²) >= 11 is 0. The van der Waals surface area contributed by atoms with Crippen LogP contribution in [0.15, 0.2) is 23.0 Å². The molecular weight excluding hydrogens is 322 g/mol. The second-order valence-corrected chi connectivity index (χ2v) is 6.27. The zero-order valence-electron chi connectivity index (χ0n) is 15.1. The first kappa shape index (κ1) is 18.9. The molecule has 0 spiro atoms. The highest BCUT2D eigenvalue weighted by Crippen LogP contribution is 2.08. The highest BCUT2D eigenvalue weighted by molar-refractivity contribution is 5.76. The molecule has 25 heavy (non-hydrogen) atoms. The van der Waals surface area contributed by atoms with E-state index in [-0.39, 0.29) is 36.6 Å². The van der Waals surface area contributed by atoms with Crippen molar-refractivity contribution in [1.82, 2.24) is 24.9 Å². The van der Waals surface area contributed by atoms with Gasteiger partial charge in [-0.2, -0.15) is 5.10 Å². The van der Waals surface area contributed by atoms with Crippen molar-refractivity contribution in [3.05, 3.63) is 39.9 Å². The van der Waals surface area contributed by atoms with Gasteiger partial charge in [-0.15, -0.1) is 5.10 Å². The van der Waals surface area contributed by atoms with Gasteiger partial charge < -0.3 is 10.4 Å². The van der Waals surface area contributed by atoms with Crippen LogP contribution in [-0.2, 0) is 11.3 Å². The number of nitrogens with zero attached hydrogens (tertiary/aromatic N) is 4. The van der Waals surface area contributed by atoms with E-state index in [1.165, 1.54) is 6.07 Å². The van der Waals surface area contributed by atoms with Crippen molar-refractivity contribution in [3.63, 3.8) is 0 Å². The number of aliphatic hydroxyl groups is 1. The maximum Gasteiger partial charge on any atom is 0.267 e. The summed E-state index contributed by atoms with van der Waals surface area (Å²) < 4.78 is 2.73. The summed E-state index contributed by atoms with van der Waals surface area (Å²) in [7, 11) is 0. The van der Waals surface area contributed by atoms with E-state index in [4.69, 9.17) is 0 Å². The first-order chi connectivity index (χ1) is 11.8. The van der Waals surface area contributed by atoms with E-state index >= 15 is 0 Å². The highest BCUT2D eigenvalue weighted by Gasteiger charge is 2.18. The second kappa shape index (κ2) is 8.06. The number of aliphatic hydroxyl groups excluding tert-OH is 1. The molecule has 8 heteroatoms. The summed E-state index contributed by atoms with van der Waals surface area (Å²) in [6.07, 6.45) is 0.830. The Morgan fingerprint density at radius 2 is 2.04 bits per heavy atom. The molecule has 2 atom stereocenters. The smallest absolute Gasteiger partial charge is 0.267 e. The third-order valence-corrected chi connectivity index (χ3v) is 4.25. The Morgan fingerprint density at radius 1 is 1.32 bits per heavy atom. The van der Waals surface area contributed by atoms with Gasteiger partial charge in [-0.05, 0) is 31.9 Å². The number of aromatic nitrogens is 4. The Balaban J connectivity index is 2.19. The minimum atomic E-state index is -0.371. The monoisotopic (exact) mass is 347 g/mol. The molecular formula is C17H25N5O3. The van der Waals surface area contributed by atoms with Gasteiger partial charge in [0.1, 0.15) is 6.54 Å². The van der Waals surface area contributed by atoms with Crippen molar-refractivity contribution in [3.8, 4) is 5.82 Å². The van der Waals surface area contributed by atoms with Crippen molar-refractivity contribution in [2.45, 2.75) is 46.7 Å². The molecule has 2 N–H and O–H groups in total. The fourth-order valence-electron chi connectivity index (χ4n) is 2.57. The van der Waals surface area contributed by atoms with Crippen LogP contribution >= 0.6 is 0 Å². The summed E-state index contributed by atoms with van der Waals surface area (Å²) in [5.41, 5.74) is 1.36. The largest absolute Gasteiger partial charge is 0.394 e. The summed E-state index contributed by atoms with van der Waals surface area (Å²) in [6.45, 7) is 7.35. The van der Waals surface area contributed by atoms with Gasteiger partial charge in [-0.1, -0.05) is 20.3 Å². The van der Waals surface area contributed by atoms with Gasteiger partial charge in [0, 0.05) is 11.8 Å². The Kier molecular flexibility index (Phi) is 6.08. The lowest BCUT2D eigenvalue weighted by atomic mass is 10.00. The van der Waals surface area contributed by atoms with Crippen molar-refractivity contribution < 1.29 is 9.90 Å². The van der Waals surface area contributed by atoms with Gasteiger partial charge in [-0.3, -0.25) is 9.59 Å².